The summed E-state index contributed by atoms with van der Waals surface area (Å²) in [6.45, 7) is 0. The fraction of sp³-hybridized carbons (Fsp3) is 0. The minimum atomic E-state index is -0.503. The quantitative estimate of drug-likeness (QED) is 0.179. The highest BCUT2D eigenvalue weighted by atomic mass is 16.3. The van der Waals surface area contributed by atoms with Crippen LogP contribution in [0.2, 0.25) is 0 Å². The Morgan fingerprint density at radius 2 is 1.06 bits per heavy atom. The van der Waals surface area contributed by atoms with E-state index < -0.39 is 30.2 Å². The zero-order valence-corrected chi connectivity index (χ0v) is 28.5. The molecule has 54 heavy (non-hydrogen) atoms. The molecule has 0 fully saturated rings. The molecule has 3 heterocycles. The van der Waals surface area contributed by atoms with E-state index in [1.165, 1.54) is 0 Å². The number of benzene rings is 8. The van der Waals surface area contributed by atoms with Crippen molar-refractivity contribution in [3.8, 4) is 56.4 Å². The average molecular weight is 697 g/mol. The van der Waals surface area contributed by atoms with Crippen LogP contribution in [0.25, 0.3) is 111 Å². The number of furan rings is 2. The lowest BCUT2D eigenvalue weighted by Gasteiger charge is -2.10. The predicted octanol–water partition coefficient (Wildman–Crippen LogP) is 13.2. The smallest absolute Gasteiger partial charge is 0.167 e. The lowest BCUT2D eigenvalue weighted by Crippen LogP contribution is -2.00. The van der Waals surface area contributed by atoms with Gasteiger partial charge in [-0.25, -0.2) is 15.0 Å². The fourth-order valence-electron chi connectivity index (χ4n) is 7.49. The van der Waals surface area contributed by atoms with Crippen molar-refractivity contribution in [3.05, 3.63) is 176 Å². The summed E-state index contributed by atoms with van der Waals surface area (Å²) in [6.07, 6.45) is 0. The van der Waals surface area contributed by atoms with Crippen molar-refractivity contribution in [2.75, 3.05) is 0 Å². The van der Waals surface area contributed by atoms with Crippen molar-refractivity contribution >= 4 is 54.6 Å². The van der Waals surface area contributed by atoms with Gasteiger partial charge in [0, 0.05) is 38.1 Å². The second-order valence-electron chi connectivity index (χ2n) is 13.2. The third-order valence-corrected chi connectivity index (χ3v) is 10.0. The van der Waals surface area contributed by atoms with Gasteiger partial charge in [-0.2, -0.15) is 0 Å². The maximum absolute atomic E-state index is 8.89. The first-order valence-corrected chi connectivity index (χ1v) is 17.6. The van der Waals surface area contributed by atoms with Gasteiger partial charge >= 0.3 is 0 Å². The Morgan fingerprint density at radius 3 is 1.94 bits per heavy atom. The highest BCUT2D eigenvalue weighted by Crippen LogP contribution is 2.41. The van der Waals surface area contributed by atoms with Gasteiger partial charge in [-0.3, -0.25) is 0 Å². The Labute approximate surface area is 316 Å². The standard InChI is InChI=1S/C49H29N3O2/c1-3-12-30(13-4-1)33-17-9-18-34(28-33)35-25-27-42-41(29-35)44-39(21-11-23-43(44)53-42)48-50-47(32-15-5-2-6-16-32)51-49(52-48)40-22-10-20-37-38-26-24-31-14-7-8-19-36(31)45(38)54-46(37)40/h1-29H/i2D,5D,6D,15D,16D. The highest BCUT2D eigenvalue weighted by molar-refractivity contribution is 6.17. The monoisotopic (exact) mass is 696 g/mol. The van der Waals surface area contributed by atoms with E-state index in [2.05, 4.69) is 48.5 Å². The maximum atomic E-state index is 8.89. The molecule has 5 heteroatoms. The number of nitrogens with zero attached hydrogens (tertiary/aromatic N) is 3. The summed E-state index contributed by atoms with van der Waals surface area (Å²) >= 11 is 0. The molecule has 0 saturated heterocycles. The summed E-state index contributed by atoms with van der Waals surface area (Å²) in [4.78, 5) is 14.8. The first kappa shape index (κ1) is 25.6. The van der Waals surface area contributed by atoms with Crippen LogP contribution < -0.4 is 0 Å². The van der Waals surface area contributed by atoms with Crippen molar-refractivity contribution in [2.24, 2.45) is 0 Å². The van der Waals surface area contributed by atoms with Crippen LogP contribution in [0.3, 0.4) is 0 Å². The SMILES string of the molecule is [2H]c1c([2H])c([2H])c(-c2nc(-c3cccc4c3oc3c5ccccc5ccc43)nc(-c3cccc4oc5ccc(-c6cccc(-c7ccccc7)c6)cc5c34)n2)c([2H])c1[2H]. The predicted molar refractivity (Wildman–Crippen MR) is 219 cm³/mol. The van der Waals surface area contributed by atoms with E-state index in [9.17, 15) is 0 Å². The normalized spacial score (nSPS) is 13.0. The second kappa shape index (κ2) is 12.1. The van der Waals surface area contributed by atoms with Crippen LogP contribution in [0, 0.1) is 0 Å². The van der Waals surface area contributed by atoms with Crippen LogP contribution in [-0.4, -0.2) is 15.0 Å². The minimum Gasteiger partial charge on any atom is -0.456 e. The molecule has 0 bridgehead atoms. The lowest BCUT2D eigenvalue weighted by atomic mass is 9.97. The van der Waals surface area contributed by atoms with E-state index in [4.69, 9.17) is 30.6 Å². The molecule has 3 aromatic heterocycles. The zero-order valence-electron chi connectivity index (χ0n) is 33.5. The zero-order chi connectivity index (χ0) is 39.9. The third-order valence-electron chi connectivity index (χ3n) is 10.0. The van der Waals surface area contributed by atoms with E-state index in [1.807, 2.05) is 97.1 Å². The van der Waals surface area contributed by atoms with Gasteiger partial charge in [0.15, 0.2) is 17.5 Å². The van der Waals surface area contributed by atoms with Gasteiger partial charge in [-0.05, 0) is 64.0 Å². The molecule has 5 nitrogen and oxygen atoms in total. The maximum Gasteiger partial charge on any atom is 0.167 e. The van der Waals surface area contributed by atoms with Gasteiger partial charge in [-0.15, -0.1) is 0 Å². The Bertz CT molecular complexity index is 3500. The molecule has 8 aromatic carbocycles. The molecule has 0 spiro atoms. The number of hydrogen-bond acceptors (Lipinski definition) is 5. The number of para-hydroxylation sites is 1. The molecule has 0 atom stereocenters. The first-order chi connectivity index (χ1) is 28.8. The number of fused-ring (bicyclic) bond motifs is 8. The molecule has 11 aromatic rings. The molecule has 0 amide bonds. The largest absolute Gasteiger partial charge is 0.456 e. The van der Waals surface area contributed by atoms with Crippen LogP contribution in [0.5, 0.6) is 0 Å². The molecule has 0 unspecified atom stereocenters. The Balaban J connectivity index is 1.16. The van der Waals surface area contributed by atoms with Gasteiger partial charge in [0.1, 0.15) is 22.3 Å². The Hall–Kier alpha value is -7.37. The Morgan fingerprint density at radius 1 is 0.389 bits per heavy atom. The van der Waals surface area contributed by atoms with E-state index in [0.717, 1.165) is 60.2 Å². The van der Waals surface area contributed by atoms with E-state index in [0.29, 0.717) is 27.9 Å². The van der Waals surface area contributed by atoms with Crippen LogP contribution in [-0.2, 0) is 0 Å². The van der Waals surface area contributed by atoms with Gasteiger partial charge in [0.2, 0.25) is 0 Å². The van der Waals surface area contributed by atoms with E-state index >= 15 is 0 Å². The van der Waals surface area contributed by atoms with Gasteiger partial charge in [-0.1, -0.05) is 139 Å². The third kappa shape index (κ3) is 4.90. The number of hydrogen-bond donors (Lipinski definition) is 0. The number of rotatable bonds is 5. The van der Waals surface area contributed by atoms with E-state index in [1.54, 1.807) is 0 Å². The molecule has 252 valence electrons. The number of aromatic nitrogens is 3. The molecule has 0 aliphatic carbocycles. The molecule has 0 saturated carbocycles. The summed E-state index contributed by atoms with van der Waals surface area (Å²) in [7, 11) is 0. The van der Waals surface area contributed by atoms with Crippen molar-refractivity contribution in [2.45, 2.75) is 0 Å². The summed E-state index contributed by atoms with van der Waals surface area (Å²) < 4.78 is 56.1. The lowest BCUT2D eigenvalue weighted by molar-refractivity contribution is 0.669. The average Bonchev–Trinajstić information content (AvgIpc) is 3.87. The van der Waals surface area contributed by atoms with Gasteiger partial charge < -0.3 is 8.83 Å². The van der Waals surface area contributed by atoms with Crippen LogP contribution in [0.1, 0.15) is 6.85 Å². The summed E-state index contributed by atoms with van der Waals surface area (Å²) in [6, 6.07) is 46.0. The van der Waals surface area contributed by atoms with Crippen molar-refractivity contribution in [1.29, 1.82) is 0 Å². The molecule has 0 N–H and O–H groups in total. The Kier molecular flexibility index (Phi) is 5.73. The van der Waals surface area contributed by atoms with Gasteiger partial charge in [0.25, 0.3) is 0 Å². The van der Waals surface area contributed by atoms with Crippen LogP contribution >= 0.6 is 0 Å². The van der Waals surface area contributed by atoms with Crippen molar-refractivity contribution in [1.82, 2.24) is 15.0 Å². The van der Waals surface area contributed by atoms with E-state index in [-0.39, 0.29) is 23.0 Å². The molecule has 0 aliphatic rings. The summed E-state index contributed by atoms with van der Waals surface area (Å²) in [5.74, 6) is 0.387. The van der Waals surface area contributed by atoms with Crippen molar-refractivity contribution in [3.63, 3.8) is 0 Å². The second-order valence-corrected chi connectivity index (χ2v) is 13.2. The van der Waals surface area contributed by atoms with Crippen LogP contribution in [0.15, 0.2) is 185 Å². The summed E-state index contributed by atoms with van der Waals surface area (Å²) in [5, 5.41) is 5.41. The molecular formula is C49H29N3O2. The van der Waals surface area contributed by atoms with Crippen molar-refractivity contribution < 1.29 is 15.7 Å². The van der Waals surface area contributed by atoms with Crippen LogP contribution in [0.4, 0.5) is 0 Å². The fourth-order valence-corrected chi connectivity index (χ4v) is 7.49. The summed E-state index contributed by atoms with van der Waals surface area (Å²) in [5.41, 5.74) is 7.88. The first-order valence-electron chi connectivity index (χ1n) is 20.1. The van der Waals surface area contributed by atoms with Gasteiger partial charge in [0.05, 0.1) is 12.4 Å². The minimum absolute atomic E-state index is 0.0659. The molecular weight excluding hydrogens is 663 g/mol. The molecule has 11 rings (SSSR count). The molecule has 0 aliphatic heterocycles. The topological polar surface area (TPSA) is 65.0 Å². The highest BCUT2D eigenvalue weighted by Gasteiger charge is 2.21. The molecule has 0 radical (unpaired) electrons.